The maximum atomic E-state index is 5.06. The Labute approximate surface area is 380 Å². The van der Waals surface area contributed by atoms with Gasteiger partial charge in [0, 0.05) is 51.4 Å². The van der Waals surface area contributed by atoms with Crippen molar-refractivity contribution in [2.75, 3.05) is 9.80 Å². The van der Waals surface area contributed by atoms with E-state index in [0.717, 1.165) is 73.4 Å². The zero-order chi connectivity index (χ0) is 43.4. The molecule has 65 heavy (non-hydrogen) atoms. The summed E-state index contributed by atoms with van der Waals surface area (Å²) < 4.78 is 2.18. The van der Waals surface area contributed by atoms with E-state index >= 15 is 0 Å². The maximum absolute atomic E-state index is 5.06. The van der Waals surface area contributed by atoms with Crippen LogP contribution in [0.5, 0.6) is 0 Å². The van der Waals surface area contributed by atoms with Gasteiger partial charge in [0.05, 0.1) is 11.4 Å². The topological polar surface area (TPSA) is 23.8 Å². The molecule has 4 heteroatoms. The van der Waals surface area contributed by atoms with Gasteiger partial charge in [-0.25, -0.2) is 4.98 Å². The van der Waals surface area contributed by atoms with E-state index in [0.29, 0.717) is 0 Å². The van der Waals surface area contributed by atoms with Gasteiger partial charge in [-0.05, 0) is 118 Å². The van der Waals surface area contributed by atoms with E-state index in [1.54, 1.807) is 0 Å². The lowest BCUT2D eigenvalue weighted by molar-refractivity contribution is 1.19. The van der Waals surface area contributed by atoms with Crippen LogP contribution in [-0.4, -0.2) is 9.38 Å². The molecule has 2 aromatic heterocycles. The van der Waals surface area contributed by atoms with E-state index < -0.39 is 0 Å². The van der Waals surface area contributed by atoms with Gasteiger partial charge in [0.2, 0.25) is 0 Å². The molecule has 2 heterocycles. The molecule has 11 aromatic rings. The van der Waals surface area contributed by atoms with Gasteiger partial charge in [0.15, 0.2) is 0 Å². The normalized spacial score (nSPS) is 11.1. The van der Waals surface area contributed by atoms with E-state index in [2.05, 4.69) is 269 Å². The highest BCUT2D eigenvalue weighted by molar-refractivity contribution is 5.85. The molecule has 0 amide bonds. The van der Waals surface area contributed by atoms with Gasteiger partial charge in [-0.15, -0.1) is 0 Å². The van der Waals surface area contributed by atoms with Crippen LogP contribution < -0.4 is 9.80 Å². The van der Waals surface area contributed by atoms with Crippen LogP contribution in [0.4, 0.5) is 34.1 Å². The molecule has 0 N–H and O–H groups in total. The Bertz CT molecular complexity index is 3210. The van der Waals surface area contributed by atoms with Gasteiger partial charge in [-0.2, -0.15) is 0 Å². The smallest absolute Gasteiger partial charge is 0.137 e. The summed E-state index contributed by atoms with van der Waals surface area (Å²) >= 11 is 0. The van der Waals surface area contributed by atoms with E-state index in [1.165, 1.54) is 22.3 Å². The third kappa shape index (κ3) is 7.97. The largest absolute Gasteiger partial charge is 0.311 e. The fourth-order valence-corrected chi connectivity index (χ4v) is 8.78. The Kier molecular flexibility index (Phi) is 10.6. The van der Waals surface area contributed by atoms with Crippen LogP contribution in [0, 0.1) is 0 Å². The second-order valence-corrected chi connectivity index (χ2v) is 16.1. The molecule has 0 aliphatic carbocycles. The second-order valence-electron chi connectivity index (χ2n) is 16.1. The molecule has 11 rings (SSSR count). The minimum atomic E-state index is 0.922. The quantitative estimate of drug-likeness (QED) is 0.130. The predicted molar refractivity (Wildman–Crippen MR) is 272 cm³/mol. The van der Waals surface area contributed by atoms with Crippen molar-refractivity contribution in [3.8, 4) is 55.9 Å². The Morgan fingerprint density at radius 1 is 0.246 bits per heavy atom. The van der Waals surface area contributed by atoms with Gasteiger partial charge in [0.1, 0.15) is 5.65 Å². The van der Waals surface area contributed by atoms with Crippen LogP contribution in [0.15, 0.2) is 267 Å². The van der Waals surface area contributed by atoms with E-state index in [4.69, 9.17) is 4.98 Å². The van der Waals surface area contributed by atoms with Gasteiger partial charge >= 0.3 is 0 Å². The van der Waals surface area contributed by atoms with Crippen LogP contribution in [0.2, 0.25) is 0 Å². The zero-order valence-corrected chi connectivity index (χ0v) is 35.7. The average molecular weight is 833 g/mol. The standard InChI is InChI=1S/C61H44N4/c1-5-15-45(16-6-1)47-24-34-55(35-25-47)65(56-36-26-48(27-37-56)46-17-7-2-8-18-46)57-40-30-50(31-41-57)49-28-38-54(39-29-49)64(53-21-11-4-12-22-53)58-42-32-52(33-43-58)61-60(51-19-9-3-10-20-51)62-59-23-13-14-44-63(59)61/h1-44H. The summed E-state index contributed by atoms with van der Waals surface area (Å²) in [6.07, 6.45) is 2.09. The van der Waals surface area contributed by atoms with E-state index in [1.807, 2.05) is 12.1 Å². The number of rotatable bonds is 11. The molecule has 0 fully saturated rings. The molecule has 0 radical (unpaired) electrons. The van der Waals surface area contributed by atoms with Crippen LogP contribution in [0.25, 0.3) is 61.5 Å². The van der Waals surface area contributed by atoms with Crippen molar-refractivity contribution in [1.29, 1.82) is 0 Å². The molecule has 0 unspecified atom stereocenters. The average Bonchev–Trinajstić information content (AvgIpc) is 3.79. The number of aromatic nitrogens is 2. The fourth-order valence-electron chi connectivity index (χ4n) is 8.78. The molecule has 308 valence electrons. The number of hydrogen-bond donors (Lipinski definition) is 0. The minimum absolute atomic E-state index is 0.922. The Morgan fingerprint density at radius 3 is 0.923 bits per heavy atom. The molecule has 0 saturated heterocycles. The first-order valence-electron chi connectivity index (χ1n) is 22.0. The minimum Gasteiger partial charge on any atom is -0.311 e. The summed E-state index contributed by atoms with van der Waals surface area (Å²) in [6, 6.07) is 92.6. The highest BCUT2D eigenvalue weighted by atomic mass is 15.1. The van der Waals surface area contributed by atoms with Crippen molar-refractivity contribution in [2.45, 2.75) is 0 Å². The molecular formula is C61H44N4. The van der Waals surface area contributed by atoms with Crippen LogP contribution in [-0.2, 0) is 0 Å². The monoisotopic (exact) mass is 832 g/mol. The first-order chi connectivity index (χ1) is 32.2. The summed E-state index contributed by atoms with van der Waals surface area (Å²) in [4.78, 5) is 9.70. The Morgan fingerprint density at radius 2 is 0.538 bits per heavy atom. The summed E-state index contributed by atoms with van der Waals surface area (Å²) in [5, 5.41) is 0. The molecule has 0 bridgehead atoms. The van der Waals surface area contributed by atoms with Crippen LogP contribution >= 0.6 is 0 Å². The van der Waals surface area contributed by atoms with Gasteiger partial charge in [-0.1, -0.05) is 176 Å². The lowest BCUT2D eigenvalue weighted by Gasteiger charge is -2.26. The molecule has 0 aliphatic rings. The fraction of sp³-hybridized carbons (Fsp3) is 0. The molecule has 0 saturated carbocycles. The highest BCUT2D eigenvalue weighted by Crippen LogP contribution is 2.41. The van der Waals surface area contributed by atoms with Crippen molar-refractivity contribution < 1.29 is 0 Å². The summed E-state index contributed by atoms with van der Waals surface area (Å²) in [5.41, 5.74) is 18.8. The second kappa shape index (κ2) is 17.6. The van der Waals surface area contributed by atoms with E-state index in [-0.39, 0.29) is 0 Å². The van der Waals surface area contributed by atoms with Crippen molar-refractivity contribution in [3.63, 3.8) is 0 Å². The first kappa shape index (κ1) is 39.1. The summed E-state index contributed by atoms with van der Waals surface area (Å²) in [7, 11) is 0. The number of hydrogen-bond acceptors (Lipinski definition) is 3. The molecular weight excluding hydrogens is 789 g/mol. The number of fused-ring (bicyclic) bond motifs is 1. The Hall–Kier alpha value is -8.73. The summed E-state index contributed by atoms with van der Waals surface area (Å²) in [5.74, 6) is 0. The first-order valence-corrected chi connectivity index (χ1v) is 22.0. The zero-order valence-electron chi connectivity index (χ0n) is 35.7. The number of anilines is 6. The molecule has 4 nitrogen and oxygen atoms in total. The molecule has 0 spiro atoms. The van der Waals surface area contributed by atoms with Gasteiger partial charge in [-0.3, -0.25) is 4.40 Å². The van der Waals surface area contributed by atoms with Gasteiger partial charge < -0.3 is 9.80 Å². The Balaban J connectivity index is 0.899. The number of nitrogens with zero attached hydrogens (tertiary/aromatic N) is 4. The lowest BCUT2D eigenvalue weighted by Crippen LogP contribution is -2.10. The summed E-state index contributed by atoms with van der Waals surface area (Å²) in [6.45, 7) is 0. The third-order valence-corrected chi connectivity index (χ3v) is 12.0. The lowest BCUT2D eigenvalue weighted by atomic mass is 10.0. The predicted octanol–water partition coefficient (Wildman–Crippen LogP) is 16.6. The third-order valence-electron chi connectivity index (χ3n) is 12.0. The maximum Gasteiger partial charge on any atom is 0.137 e. The molecule has 0 atom stereocenters. The SMILES string of the molecule is c1ccc(-c2ccc(N(c3ccc(-c4ccccc4)cc3)c3ccc(-c4ccc(N(c5ccccc5)c5ccc(-c6c(-c7ccccc7)nc7ccccn67)cc5)cc4)cc3)cc2)cc1. The number of pyridine rings is 1. The molecule has 9 aromatic carbocycles. The van der Waals surface area contributed by atoms with Crippen molar-refractivity contribution >= 4 is 39.8 Å². The van der Waals surface area contributed by atoms with E-state index in [9.17, 15) is 0 Å². The van der Waals surface area contributed by atoms with Gasteiger partial charge in [0.25, 0.3) is 0 Å². The number of imidazole rings is 1. The van der Waals surface area contributed by atoms with Crippen LogP contribution in [0.1, 0.15) is 0 Å². The van der Waals surface area contributed by atoms with Crippen LogP contribution in [0.3, 0.4) is 0 Å². The highest BCUT2D eigenvalue weighted by Gasteiger charge is 2.19. The molecule has 0 aliphatic heterocycles. The van der Waals surface area contributed by atoms with Crippen molar-refractivity contribution in [3.05, 3.63) is 267 Å². The number of para-hydroxylation sites is 1. The number of benzene rings is 9. The van der Waals surface area contributed by atoms with Crippen molar-refractivity contribution in [1.82, 2.24) is 9.38 Å². The van der Waals surface area contributed by atoms with Crippen molar-refractivity contribution in [2.24, 2.45) is 0 Å².